The second kappa shape index (κ2) is 5.44. The van der Waals surface area contributed by atoms with Gasteiger partial charge in [0.1, 0.15) is 0 Å². The van der Waals surface area contributed by atoms with Gasteiger partial charge in [-0.25, -0.2) is 0 Å². The van der Waals surface area contributed by atoms with Gasteiger partial charge in [-0.2, -0.15) is 0 Å². The minimum absolute atomic E-state index is 0.0947. The summed E-state index contributed by atoms with van der Waals surface area (Å²) >= 11 is 7.55. The maximum absolute atomic E-state index is 8.86. The number of likely N-dealkylation sites (N-methyl/N-ethyl adjacent to an activating group) is 1. The third-order valence-electron chi connectivity index (χ3n) is 2.28. The van der Waals surface area contributed by atoms with E-state index < -0.39 is 0 Å². The van der Waals surface area contributed by atoms with E-state index in [-0.39, 0.29) is 6.61 Å². The lowest BCUT2D eigenvalue weighted by Gasteiger charge is -2.11. The Labute approximate surface area is 108 Å². The van der Waals surface area contributed by atoms with Crippen LogP contribution in [-0.4, -0.2) is 35.5 Å². The highest BCUT2D eigenvalue weighted by atomic mass is 35.5. The molecule has 0 saturated carbocycles. The van der Waals surface area contributed by atoms with Crippen molar-refractivity contribution in [3.63, 3.8) is 0 Å². The number of hydrogen-bond acceptors (Lipinski definition) is 5. The van der Waals surface area contributed by atoms with Gasteiger partial charge in [-0.1, -0.05) is 41.1 Å². The van der Waals surface area contributed by atoms with E-state index >= 15 is 0 Å². The van der Waals surface area contributed by atoms with Crippen molar-refractivity contribution in [3.05, 3.63) is 29.3 Å². The number of hydrogen-bond donors (Lipinski definition) is 1. The zero-order valence-corrected chi connectivity index (χ0v) is 10.9. The second-order valence-corrected chi connectivity index (χ2v) is 4.88. The molecule has 1 aromatic carbocycles. The highest BCUT2D eigenvalue weighted by Crippen LogP contribution is 2.32. The smallest absolute Gasteiger partial charge is 0.208 e. The van der Waals surface area contributed by atoms with Crippen LogP contribution in [0.15, 0.2) is 24.3 Å². The van der Waals surface area contributed by atoms with E-state index in [9.17, 15) is 0 Å². The van der Waals surface area contributed by atoms with Crippen LogP contribution in [0.3, 0.4) is 0 Å². The van der Waals surface area contributed by atoms with Gasteiger partial charge in [0, 0.05) is 19.2 Å². The largest absolute Gasteiger partial charge is 0.395 e. The highest BCUT2D eigenvalue weighted by Gasteiger charge is 2.11. The van der Waals surface area contributed by atoms with Crippen LogP contribution in [-0.2, 0) is 0 Å². The fraction of sp³-hybridized carbons (Fsp3) is 0.273. The zero-order valence-electron chi connectivity index (χ0n) is 9.30. The van der Waals surface area contributed by atoms with Gasteiger partial charge in [-0.15, -0.1) is 10.2 Å². The average molecular weight is 270 g/mol. The number of halogens is 1. The predicted molar refractivity (Wildman–Crippen MR) is 70.7 cm³/mol. The van der Waals surface area contributed by atoms with Gasteiger partial charge in [-0.3, -0.25) is 0 Å². The molecule has 90 valence electrons. The van der Waals surface area contributed by atoms with Crippen molar-refractivity contribution < 1.29 is 5.11 Å². The number of anilines is 1. The molecule has 0 fully saturated rings. The van der Waals surface area contributed by atoms with Crippen LogP contribution < -0.4 is 4.90 Å². The summed E-state index contributed by atoms with van der Waals surface area (Å²) in [4.78, 5) is 1.86. The van der Waals surface area contributed by atoms with Crippen molar-refractivity contribution in [1.82, 2.24) is 10.2 Å². The number of aliphatic hydroxyl groups excluding tert-OH is 1. The van der Waals surface area contributed by atoms with Crippen molar-refractivity contribution in [3.8, 4) is 10.6 Å². The molecule has 1 heterocycles. The predicted octanol–water partition coefficient (Wildman–Crippen LogP) is 2.29. The van der Waals surface area contributed by atoms with E-state index in [1.54, 1.807) is 0 Å². The molecule has 0 spiro atoms. The first-order valence-electron chi connectivity index (χ1n) is 5.13. The fourth-order valence-electron chi connectivity index (χ4n) is 1.36. The summed E-state index contributed by atoms with van der Waals surface area (Å²) in [6, 6.07) is 7.54. The van der Waals surface area contributed by atoms with Crippen LogP contribution in [0.5, 0.6) is 0 Å². The van der Waals surface area contributed by atoms with Gasteiger partial charge in [-0.05, 0) is 6.07 Å². The van der Waals surface area contributed by atoms with E-state index in [1.807, 2.05) is 36.2 Å². The molecule has 4 nitrogen and oxygen atoms in total. The van der Waals surface area contributed by atoms with E-state index in [2.05, 4.69) is 10.2 Å². The molecule has 0 bridgehead atoms. The molecule has 0 aliphatic rings. The normalized spacial score (nSPS) is 10.5. The lowest BCUT2D eigenvalue weighted by Crippen LogP contribution is -2.20. The maximum atomic E-state index is 8.86. The van der Waals surface area contributed by atoms with Crippen LogP contribution in [0.2, 0.25) is 5.02 Å². The Balaban J connectivity index is 2.27. The quantitative estimate of drug-likeness (QED) is 0.925. The number of aliphatic hydroxyl groups is 1. The Hall–Kier alpha value is -1.17. The molecule has 2 aromatic rings. The first-order chi connectivity index (χ1) is 8.22. The molecule has 0 aliphatic carbocycles. The van der Waals surface area contributed by atoms with Crippen LogP contribution in [0, 0.1) is 0 Å². The molecule has 6 heteroatoms. The third-order valence-corrected chi connectivity index (χ3v) is 3.68. The minimum Gasteiger partial charge on any atom is -0.395 e. The van der Waals surface area contributed by atoms with Crippen molar-refractivity contribution in [2.24, 2.45) is 0 Å². The minimum atomic E-state index is 0.0947. The fourth-order valence-corrected chi connectivity index (χ4v) is 2.51. The average Bonchev–Trinajstić information content (AvgIpc) is 2.79. The monoisotopic (exact) mass is 269 g/mol. The topological polar surface area (TPSA) is 49.2 Å². The van der Waals surface area contributed by atoms with Crippen LogP contribution >= 0.6 is 22.9 Å². The summed E-state index contributed by atoms with van der Waals surface area (Å²) in [5.74, 6) is 0. The number of rotatable bonds is 4. The summed E-state index contributed by atoms with van der Waals surface area (Å²) < 4.78 is 0. The molecular weight excluding hydrogens is 258 g/mol. The van der Waals surface area contributed by atoms with E-state index in [0.717, 1.165) is 15.7 Å². The first-order valence-corrected chi connectivity index (χ1v) is 6.32. The molecule has 0 aliphatic heterocycles. The Morgan fingerprint density at radius 1 is 1.35 bits per heavy atom. The molecule has 2 rings (SSSR count). The van der Waals surface area contributed by atoms with E-state index in [1.165, 1.54) is 11.3 Å². The molecule has 1 aromatic heterocycles. The van der Waals surface area contributed by atoms with Crippen molar-refractivity contribution in [1.29, 1.82) is 0 Å². The van der Waals surface area contributed by atoms with Crippen LogP contribution in [0.4, 0.5) is 5.13 Å². The Bertz CT molecular complexity index is 503. The van der Waals surface area contributed by atoms with Crippen LogP contribution in [0.1, 0.15) is 0 Å². The van der Waals surface area contributed by atoms with Gasteiger partial charge >= 0.3 is 0 Å². The first kappa shape index (κ1) is 12.3. The molecule has 1 N–H and O–H groups in total. The zero-order chi connectivity index (χ0) is 12.3. The Morgan fingerprint density at radius 2 is 2.12 bits per heavy atom. The molecule has 0 unspecified atom stereocenters. The lowest BCUT2D eigenvalue weighted by atomic mass is 10.2. The number of benzene rings is 1. The van der Waals surface area contributed by atoms with E-state index in [4.69, 9.17) is 16.7 Å². The van der Waals surface area contributed by atoms with Gasteiger partial charge in [0.2, 0.25) is 5.13 Å². The summed E-state index contributed by atoms with van der Waals surface area (Å²) in [5.41, 5.74) is 0.885. The van der Waals surface area contributed by atoms with Gasteiger partial charge in [0.25, 0.3) is 0 Å². The SMILES string of the molecule is CN(CCO)c1nnc(-c2ccccc2Cl)s1. The molecule has 0 amide bonds. The van der Waals surface area contributed by atoms with Crippen LogP contribution in [0.25, 0.3) is 10.6 Å². The summed E-state index contributed by atoms with van der Waals surface area (Å²) in [6.45, 7) is 0.634. The summed E-state index contributed by atoms with van der Waals surface area (Å²) in [6.07, 6.45) is 0. The second-order valence-electron chi connectivity index (χ2n) is 3.51. The molecular formula is C11H12ClN3OS. The lowest BCUT2D eigenvalue weighted by molar-refractivity contribution is 0.304. The van der Waals surface area contributed by atoms with Crippen molar-refractivity contribution in [2.75, 3.05) is 25.1 Å². The van der Waals surface area contributed by atoms with Crippen molar-refractivity contribution >= 4 is 28.1 Å². The standard InChI is InChI=1S/C11H12ClN3OS/c1-15(6-7-16)11-14-13-10(17-11)8-4-2-3-5-9(8)12/h2-5,16H,6-7H2,1H3. The third kappa shape index (κ3) is 2.74. The maximum Gasteiger partial charge on any atom is 0.208 e. The molecule has 0 saturated heterocycles. The van der Waals surface area contributed by atoms with Gasteiger partial charge < -0.3 is 10.0 Å². The highest BCUT2D eigenvalue weighted by molar-refractivity contribution is 7.18. The molecule has 17 heavy (non-hydrogen) atoms. The number of nitrogens with zero attached hydrogens (tertiary/aromatic N) is 3. The Morgan fingerprint density at radius 3 is 2.82 bits per heavy atom. The molecule has 0 atom stereocenters. The Kier molecular flexibility index (Phi) is 3.93. The number of aromatic nitrogens is 2. The van der Waals surface area contributed by atoms with Gasteiger partial charge in [0.05, 0.1) is 11.6 Å². The van der Waals surface area contributed by atoms with Crippen molar-refractivity contribution in [2.45, 2.75) is 0 Å². The summed E-state index contributed by atoms with van der Waals surface area (Å²) in [7, 11) is 1.87. The summed E-state index contributed by atoms with van der Waals surface area (Å²) in [5, 5.41) is 19.3. The van der Waals surface area contributed by atoms with Gasteiger partial charge in [0.15, 0.2) is 5.01 Å². The molecule has 0 radical (unpaired) electrons. The van der Waals surface area contributed by atoms with E-state index in [0.29, 0.717) is 11.6 Å².